The van der Waals surface area contributed by atoms with Crippen LogP contribution in [0.2, 0.25) is 0 Å². The van der Waals surface area contributed by atoms with Crippen LogP contribution in [0.3, 0.4) is 0 Å². The first-order chi connectivity index (χ1) is 9.20. The van der Waals surface area contributed by atoms with Crippen LogP contribution in [0, 0.1) is 0 Å². The molecule has 1 fully saturated rings. The number of hydrogen-bond donors (Lipinski definition) is 1. The summed E-state index contributed by atoms with van der Waals surface area (Å²) in [5.41, 5.74) is 1.09. The van der Waals surface area contributed by atoms with Crippen molar-refractivity contribution in [2.75, 3.05) is 26.1 Å². The fraction of sp³-hybridized carbons (Fsp3) is 0.500. The van der Waals surface area contributed by atoms with Crippen LogP contribution in [-0.2, 0) is 14.3 Å². The Labute approximate surface area is 117 Å². The molecule has 1 N–H and O–H groups in total. The summed E-state index contributed by atoms with van der Waals surface area (Å²) in [4.78, 5) is 13.2. The first-order valence-corrected chi connectivity index (χ1v) is 7.57. The van der Waals surface area contributed by atoms with Gasteiger partial charge in [-0.2, -0.15) is 0 Å². The molecule has 2 atom stereocenters. The molecule has 5 heteroatoms. The van der Waals surface area contributed by atoms with Crippen molar-refractivity contribution in [2.24, 2.45) is 0 Å². The van der Waals surface area contributed by atoms with E-state index < -0.39 is 6.10 Å². The predicted molar refractivity (Wildman–Crippen MR) is 75.3 cm³/mol. The lowest BCUT2D eigenvalue weighted by Gasteiger charge is -2.24. The summed E-state index contributed by atoms with van der Waals surface area (Å²) in [6, 6.07) is 8.16. The van der Waals surface area contributed by atoms with Gasteiger partial charge in [0, 0.05) is 4.90 Å². The number of carbonyl (C=O) groups is 1. The Bertz CT molecular complexity index is 415. The molecular formula is C14H19NO3S. The van der Waals surface area contributed by atoms with Crippen LogP contribution < -0.4 is 5.32 Å². The summed E-state index contributed by atoms with van der Waals surface area (Å²) in [6.07, 6.45) is 1.56. The molecule has 0 radical (unpaired) electrons. The predicted octanol–water partition coefficient (Wildman–Crippen LogP) is 2.00. The Morgan fingerprint density at radius 1 is 1.37 bits per heavy atom. The van der Waals surface area contributed by atoms with Gasteiger partial charge in [-0.3, -0.25) is 4.79 Å². The largest absolute Gasteiger partial charge is 0.376 e. The Kier molecular flexibility index (Phi) is 5.24. The molecular weight excluding hydrogens is 262 g/mol. The molecule has 0 bridgehead atoms. The summed E-state index contributed by atoms with van der Waals surface area (Å²) in [6.45, 7) is 3.35. The zero-order chi connectivity index (χ0) is 13.7. The number of nitrogens with one attached hydrogen (secondary N) is 1. The van der Waals surface area contributed by atoms with Crippen LogP contribution in [0.5, 0.6) is 0 Å². The molecule has 4 nitrogen and oxygen atoms in total. The zero-order valence-corrected chi connectivity index (χ0v) is 12.0. The molecule has 0 saturated carbocycles. The number of carbonyl (C=O) groups excluding carboxylic acids is 1. The molecule has 0 spiro atoms. The topological polar surface area (TPSA) is 47.6 Å². The monoisotopic (exact) mass is 281 g/mol. The maximum atomic E-state index is 12.0. The summed E-state index contributed by atoms with van der Waals surface area (Å²) >= 11 is 1.70. The fourth-order valence-electron chi connectivity index (χ4n) is 1.92. The highest BCUT2D eigenvalue weighted by atomic mass is 32.2. The van der Waals surface area contributed by atoms with E-state index in [2.05, 4.69) is 17.4 Å². The summed E-state index contributed by atoms with van der Waals surface area (Å²) < 4.78 is 10.6. The third kappa shape index (κ3) is 3.96. The molecule has 1 aromatic carbocycles. The van der Waals surface area contributed by atoms with Crippen molar-refractivity contribution in [3.05, 3.63) is 29.8 Å². The number of hydrogen-bond acceptors (Lipinski definition) is 4. The van der Waals surface area contributed by atoms with Gasteiger partial charge in [0.2, 0.25) is 0 Å². The van der Waals surface area contributed by atoms with Crippen LogP contribution in [0.4, 0.5) is 0 Å². The Hall–Kier alpha value is -1.04. The van der Waals surface area contributed by atoms with E-state index >= 15 is 0 Å². The van der Waals surface area contributed by atoms with Gasteiger partial charge in [0.1, 0.15) is 0 Å². The van der Waals surface area contributed by atoms with Crippen molar-refractivity contribution in [3.8, 4) is 0 Å². The van der Waals surface area contributed by atoms with E-state index in [1.54, 1.807) is 11.8 Å². The maximum absolute atomic E-state index is 12.0. The van der Waals surface area contributed by atoms with Crippen molar-refractivity contribution in [2.45, 2.75) is 24.0 Å². The Morgan fingerprint density at radius 2 is 2.11 bits per heavy atom. The molecule has 1 amide bonds. The van der Waals surface area contributed by atoms with E-state index in [-0.39, 0.29) is 11.9 Å². The van der Waals surface area contributed by atoms with Gasteiger partial charge in [0.25, 0.3) is 5.91 Å². The van der Waals surface area contributed by atoms with E-state index in [1.807, 2.05) is 25.3 Å². The van der Waals surface area contributed by atoms with Gasteiger partial charge in [-0.15, -0.1) is 11.8 Å². The van der Waals surface area contributed by atoms with Gasteiger partial charge in [-0.05, 0) is 30.9 Å². The molecule has 1 aliphatic heterocycles. The zero-order valence-electron chi connectivity index (χ0n) is 11.2. The van der Waals surface area contributed by atoms with Crippen LogP contribution in [-0.4, -0.2) is 38.1 Å². The molecule has 1 aliphatic rings. The smallest absolute Gasteiger partial charge is 0.252 e. The third-order valence-electron chi connectivity index (χ3n) is 3.08. The maximum Gasteiger partial charge on any atom is 0.252 e. The Balaban J connectivity index is 1.91. The lowest BCUT2D eigenvalue weighted by Crippen LogP contribution is -2.43. The third-order valence-corrected chi connectivity index (χ3v) is 3.83. The van der Waals surface area contributed by atoms with Crippen molar-refractivity contribution < 1.29 is 14.3 Å². The van der Waals surface area contributed by atoms with Crippen LogP contribution in [0.1, 0.15) is 18.5 Å². The second-order valence-corrected chi connectivity index (χ2v) is 5.32. The van der Waals surface area contributed by atoms with Gasteiger partial charge in [0.05, 0.1) is 25.9 Å². The highest BCUT2D eigenvalue weighted by molar-refractivity contribution is 7.98. The average molecular weight is 281 g/mol. The average Bonchev–Trinajstić information content (AvgIpc) is 2.48. The molecule has 104 valence electrons. The SMILES string of the molecule is CSc1ccc([C@@H](C)NC(=O)[C@H]2COCCO2)cc1. The van der Waals surface area contributed by atoms with Gasteiger partial charge in [0.15, 0.2) is 6.10 Å². The van der Waals surface area contributed by atoms with Gasteiger partial charge in [-0.25, -0.2) is 0 Å². The number of ether oxygens (including phenoxy) is 2. The van der Waals surface area contributed by atoms with Crippen molar-refractivity contribution in [1.29, 1.82) is 0 Å². The lowest BCUT2D eigenvalue weighted by atomic mass is 10.1. The quantitative estimate of drug-likeness (QED) is 0.858. The highest BCUT2D eigenvalue weighted by Gasteiger charge is 2.23. The van der Waals surface area contributed by atoms with Gasteiger partial charge < -0.3 is 14.8 Å². The van der Waals surface area contributed by atoms with E-state index in [0.717, 1.165) is 5.56 Å². The summed E-state index contributed by atoms with van der Waals surface area (Å²) in [5.74, 6) is -0.110. The molecule has 19 heavy (non-hydrogen) atoms. The van der Waals surface area contributed by atoms with Gasteiger partial charge >= 0.3 is 0 Å². The minimum Gasteiger partial charge on any atom is -0.376 e. The molecule has 0 aliphatic carbocycles. The molecule has 0 aromatic heterocycles. The molecule has 2 rings (SSSR count). The second kappa shape index (κ2) is 6.93. The van der Waals surface area contributed by atoms with E-state index in [0.29, 0.717) is 19.8 Å². The number of thioether (sulfide) groups is 1. The molecule has 1 heterocycles. The van der Waals surface area contributed by atoms with Crippen LogP contribution in [0.25, 0.3) is 0 Å². The van der Waals surface area contributed by atoms with Crippen LogP contribution in [0.15, 0.2) is 29.2 Å². The van der Waals surface area contributed by atoms with E-state index in [1.165, 1.54) is 4.90 Å². The highest BCUT2D eigenvalue weighted by Crippen LogP contribution is 2.19. The van der Waals surface area contributed by atoms with E-state index in [4.69, 9.17) is 9.47 Å². The minimum absolute atomic E-state index is 0.0334. The summed E-state index contributed by atoms with van der Waals surface area (Å²) in [7, 11) is 0. The molecule has 1 aromatic rings. The molecule has 0 unspecified atom stereocenters. The number of benzene rings is 1. The van der Waals surface area contributed by atoms with Gasteiger partial charge in [-0.1, -0.05) is 12.1 Å². The number of amides is 1. The van der Waals surface area contributed by atoms with Crippen molar-refractivity contribution >= 4 is 17.7 Å². The van der Waals surface area contributed by atoms with Crippen molar-refractivity contribution in [1.82, 2.24) is 5.32 Å². The first kappa shape index (κ1) is 14.4. The van der Waals surface area contributed by atoms with Crippen molar-refractivity contribution in [3.63, 3.8) is 0 Å². The molecule has 1 saturated heterocycles. The summed E-state index contributed by atoms with van der Waals surface area (Å²) in [5, 5.41) is 2.95. The lowest BCUT2D eigenvalue weighted by molar-refractivity contribution is -0.148. The first-order valence-electron chi connectivity index (χ1n) is 6.34. The minimum atomic E-state index is -0.485. The fourth-order valence-corrected chi connectivity index (χ4v) is 2.33. The van der Waals surface area contributed by atoms with E-state index in [9.17, 15) is 4.79 Å². The normalized spacial score (nSPS) is 20.8. The second-order valence-electron chi connectivity index (χ2n) is 4.44. The standard InChI is InChI=1S/C14H19NO3S/c1-10(11-3-5-12(19-2)6-4-11)15-14(16)13-9-17-7-8-18-13/h3-6,10,13H,7-9H2,1-2H3,(H,15,16)/t10-,13-/m1/s1. The Morgan fingerprint density at radius 3 is 2.68 bits per heavy atom. The van der Waals surface area contributed by atoms with Crippen LogP contribution >= 0.6 is 11.8 Å². The number of rotatable bonds is 4.